The molecule has 0 spiro atoms. The van der Waals surface area contributed by atoms with Crippen LogP contribution in [0.3, 0.4) is 0 Å². The Kier molecular flexibility index (Phi) is 3.74. The molecule has 0 aromatic carbocycles. The fourth-order valence-corrected chi connectivity index (χ4v) is 4.50. The molecule has 0 atom stereocenters. The smallest absolute Gasteiger partial charge is 0.179 e. The van der Waals surface area contributed by atoms with Gasteiger partial charge in [0.1, 0.15) is 5.82 Å². The first kappa shape index (κ1) is 16.7. The lowest BCUT2D eigenvalue weighted by molar-refractivity contribution is 0.167. The zero-order valence-electron chi connectivity index (χ0n) is 15.7. The average molecular weight is 313 g/mol. The average Bonchev–Trinajstić information content (AvgIpc) is 2.58. The SMILES string of the molecule is CC1(C)CC(Nc2ncc(B3CC(C)(C)C(C)(C)C3)cc2N)C1. The summed E-state index contributed by atoms with van der Waals surface area (Å²) in [5.41, 5.74) is 9.59. The molecule has 0 bridgehead atoms. The first-order valence-electron chi connectivity index (χ1n) is 9.01. The quantitative estimate of drug-likeness (QED) is 0.828. The number of nitrogens with one attached hydrogen (secondary N) is 1. The molecule has 2 heterocycles. The molecule has 1 aromatic rings. The predicted octanol–water partition coefficient (Wildman–Crippen LogP) is 4.03. The lowest BCUT2D eigenvalue weighted by Gasteiger charge is -2.43. The Labute approximate surface area is 141 Å². The number of hydrogen-bond acceptors (Lipinski definition) is 3. The van der Waals surface area contributed by atoms with Crippen molar-refractivity contribution in [1.82, 2.24) is 4.98 Å². The van der Waals surface area contributed by atoms with Crippen LogP contribution in [0.1, 0.15) is 54.4 Å². The van der Waals surface area contributed by atoms with Gasteiger partial charge in [0.25, 0.3) is 0 Å². The first-order valence-corrected chi connectivity index (χ1v) is 9.01. The Morgan fingerprint density at radius 1 is 1.09 bits per heavy atom. The van der Waals surface area contributed by atoms with Crippen LogP contribution in [0.5, 0.6) is 0 Å². The summed E-state index contributed by atoms with van der Waals surface area (Å²) in [4.78, 5) is 4.65. The van der Waals surface area contributed by atoms with E-state index in [0.29, 0.717) is 29.0 Å². The molecule has 0 unspecified atom stereocenters. The van der Waals surface area contributed by atoms with E-state index >= 15 is 0 Å². The van der Waals surface area contributed by atoms with E-state index in [0.717, 1.165) is 11.5 Å². The van der Waals surface area contributed by atoms with Crippen molar-refractivity contribution in [3.05, 3.63) is 12.3 Å². The lowest BCUT2D eigenvalue weighted by atomic mass is 9.42. The molecule has 1 saturated carbocycles. The van der Waals surface area contributed by atoms with Gasteiger partial charge in [-0.3, -0.25) is 0 Å². The van der Waals surface area contributed by atoms with Gasteiger partial charge in [-0.25, -0.2) is 4.98 Å². The van der Waals surface area contributed by atoms with E-state index in [1.807, 2.05) is 6.20 Å². The number of aromatic nitrogens is 1. The van der Waals surface area contributed by atoms with Crippen LogP contribution in [0, 0.1) is 16.2 Å². The van der Waals surface area contributed by atoms with Crippen LogP contribution in [0.2, 0.25) is 12.6 Å². The molecule has 4 heteroatoms. The number of pyridine rings is 1. The van der Waals surface area contributed by atoms with Crippen molar-refractivity contribution in [3.8, 4) is 0 Å². The highest BCUT2D eigenvalue weighted by Gasteiger charge is 2.48. The van der Waals surface area contributed by atoms with Gasteiger partial charge in [0, 0.05) is 12.2 Å². The molecule has 23 heavy (non-hydrogen) atoms. The Morgan fingerprint density at radius 3 is 2.13 bits per heavy atom. The normalized spacial score (nSPS) is 25.2. The van der Waals surface area contributed by atoms with E-state index in [-0.39, 0.29) is 0 Å². The zero-order valence-corrected chi connectivity index (χ0v) is 15.7. The van der Waals surface area contributed by atoms with Gasteiger partial charge < -0.3 is 11.1 Å². The van der Waals surface area contributed by atoms with Gasteiger partial charge in [0.2, 0.25) is 0 Å². The maximum atomic E-state index is 6.29. The second kappa shape index (κ2) is 5.16. The molecule has 2 fully saturated rings. The van der Waals surface area contributed by atoms with Crippen LogP contribution in [-0.4, -0.2) is 17.7 Å². The first-order chi connectivity index (χ1) is 10.5. The minimum absolute atomic E-state index is 0.362. The monoisotopic (exact) mass is 313 g/mol. The molecule has 1 aliphatic heterocycles. The van der Waals surface area contributed by atoms with Crippen molar-refractivity contribution in [3.63, 3.8) is 0 Å². The Bertz CT molecular complexity index is 583. The molecule has 1 aliphatic carbocycles. The number of nitrogens with two attached hydrogens (primary N) is 1. The van der Waals surface area contributed by atoms with Crippen molar-refractivity contribution in [2.45, 2.75) is 73.1 Å². The Balaban J connectivity index is 1.71. The van der Waals surface area contributed by atoms with E-state index in [4.69, 9.17) is 5.73 Å². The number of anilines is 2. The van der Waals surface area contributed by atoms with Crippen LogP contribution < -0.4 is 16.5 Å². The van der Waals surface area contributed by atoms with E-state index in [1.54, 1.807) is 0 Å². The molecule has 0 radical (unpaired) electrons. The van der Waals surface area contributed by atoms with Crippen LogP contribution in [0.4, 0.5) is 11.5 Å². The molecule has 0 amide bonds. The highest BCUT2D eigenvalue weighted by atomic mass is 15.0. The summed E-state index contributed by atoms with van der Waals surface area (Å²) >= 11 is 0. The molecule has 3 rings (SSSR count). The van der Waals surface area contributed by atoms with Gasteiger partial charge >= 0.3 is 0 Å². The summed E-state index contributed by atoms with van der Waals surface area (Å²) in [6, 6.07) is 2.68. The molecular weight excluding hydrogens is 281 g/mol. The van der Waals surface area contributed by atoms with Gasteiger partial charge in [-0.15, -0.1) is 0 Å². The fraction of sp³-hybridized carbons (Fsp3) is 0.737. The van der Waals surface area contributed by atoms with E-state index in [9.17, 15) is 0 Å². The second-order valence-electron chi connectivity index (χ2n) is 9.99. The van der Waals surface area contributed by atoms with Crippen LogP contribution in [0.15, 0.2) is 12.3 Å². The third-order valence-electron chi connectivity index (χ3n) is 6.69. The van der Waals surface area contributed by atoms with Crippen LogP contribution in [0.25, 0.3) is 0 Å². The Morgan fingerprint density at radius 2 is 1.65 bits per heavy atom. The minimum atomic E-state index is 0.362. The van der Waals surface area contributed by atoms with E-state index < -0.39 is 0 Å². The summed E-state index contributed by atoms with van der Waals surface area (Å²) in [6.45, 7) is 14.8. The molecule has 126 valence electrons. The molecule has 1 aromatic heterocycles. The standard InChI is InChI=1S/C19H32BN3/c1-17(2)8-14(9-17)23-16-15(21)7-13(10-22-16)20-11-18(3,4)19(5,6)12-20/h7,10,14H,8-9,11-12,21H2,1-6H3,(H,22,23). The van der Waals surface area contributed by atoms with Gasteiger partial charge in [0.15, 0.2) is 6.71 Å². The molecule has 1 saturated heterocycles. The minimum Gasteiger partial charge on any atom is -0.396 e. The molecule has 2 aliphatic rings. The van der Waals surface area contributed by atoms with Gasteiger partial charge in [-0.05, 0) is 35.2 Å². The fourth-order valence-electron chi connectivity index (χ4n) is 4.50. The van der Waals surface area contributed by atoms with E-state index in [2.05, 4.69) is 57.9 Å². The third kappa shape index (κ3) is 3.09. The maximum absolute atomic E-state index is 6.29. The summed E-state index contributed by atoms with van der Waals surface area (Å²) < 4.78 is 0. The summed E-state index contributed by atoms with van der Waals surface area (Å²) in [5, 5.41) is 3.52. The van der Waals surface area contributed by atoms with Crippen molar-refractivity contribution in [2.75, 3.05) is 11.1 Å². The molecular formula is C19H32BN3. The van der Waals surface area contributed by atoms with Gasteiger partial charge in [0.05, 0.1) is 5.69 Å². The summed E-state index contributed by atoms with van der Waals surface area (Å²) in [6.07, 6.45) is 6.86. The highest BCUT2D eigenvalue weighted by molar-refractivity contribution is 6.74. The number of nitrogens with zero attached hydrogens (tertiary/aromatic N) is 1. The Hall–Kier alpha value is -1.19. The molecule has 3 N–H and O–H groups in total. The molecule has 3 nitrogen and oxygen atoms in total. The number of rotatable bonds is 3. The largest absolute Gasteiger partial charge is 0.396 e. The van der Waals surface area contributed by atoms with Crippen molar-refractivity contribution in [1.29, 1.82) is 0 Å². The van der Waals surface area contributed by atoms with Gasteiger partial charge in [-0.2, -0.15) is 0 Å². The highest BCUT2D eigenvalue weighted by Crippen LogP contribution is 2.52. The summed E-state index contributed by atoms with van der Waals surface area (Å²) in [7, 11) is 0. The van der Waals surface area contributed by atoms with Gasteiger partial charge in [-0.1, -0.05) is 59.6 Å². The predicted molar refractivity (Wildman–Crippen MR) is 102 cm³/mol. The summed E-state index contributed by atoms with van der Waals surface area (Å²) in [5.74, 6) is 0.866. The van der Waals surface area contributed by atoms with E-state index in [1.165, 1.54) is 30.9 Å². The number of hydrogen-bond donors (Lipinski definition) is 2. The van der Waals surface area contributed by atoms with Crippen molar-refractivity contribution >= 4 is 23.7 Å². The maximum Gasteiger partial charge on any atom is 0.179 e. The third-order valence-corrected chi connectivity index (χ3v) is 6.69. The second-order valence-corrected chi connectivity index (χ2v) is 9.99. The lowest BCUT2D eigenvalue weighted by Crippen LogP contribution is -2.41. The van der Waals surface area contributed by atoms with Crippen LogP contribution in [-0.2, 0) is 0 Å². The topological polar surface area (TPSA) is 50.9 Å². The number of nitrogen functional groups attached to an aromatic ring is 1. The zero-order chi connectivity index (χ0) is 17.0. The van der Waals surface area contributed by atoms with Crippen molar-refractivity contribution < 1.29 is 0 Å². The van der Waals surface area contributed by atoms with Crippen molar-refractivity contribution in [2.24, 2.45) is 16.2 Å². The van der Waals surface area contributed by atoms with Crippen LogP contribution >= 0.6 is 0 Å².